The molecular formula is C23H28N2O4S. The normalized spacial score (nSPS) is 16.8. The number of piperidine rings is 1. The summed E-state index contributed by atoms with van der Waals surface area (Å²) in [7, 11) is -3.55. The van der Waals surface area contributed by atoms with Crippen molar-refractivity contribution in [2.75, 3.05) is 25.0 Å². The van der Waals surface area contributed by atoms with Crippen LogP contribution in [-0.2, 0) is 27.7 Å². The van der Waals surface area contributed by atoms with Crippen LogP contribution in [-0.4, -0.2) is 38.3 Å². The molecule has 1 heterocycles. The highest BCUT2D eigenvalue weighted by Gasteiger charge is 2.26. The second-order valence-electron chi connectivity index (χ2n) is 8.06. The number of fused-ring (bicyclic) bond motifs is 1. The van der Waals surface area contributed by atoms with Crippen LogP contribution in [0.4, 0.5) is 5.69 Å². The predicted octanol–water partition coefficient (Wildman–Crippen LogP) is 3.68. The number of nitrogens with one attached hydrogen (secondary N) is 1. The highest BCUT2D eigenvalue weighted by molar-refractivity contribution is 7.89. The van der Waals surface area contributed by atoms with Gasteiger partial charge in [0.15, 0.2) is 6.61 Å². The van der Waals surface area contributed by atoms with Crippen molar-refractivity contribution in [1.29, 1.82) is 0 Å². The smallest absolute Gasteiger partial charge is 0.262 e. The number of carbonyl (C=O) groups is 1. The maximum absolute atomic E-state index is 12.9. The third-order valence-electron chi connectivity index (χ3n) is 5.88. The third kappa shape index (κ3) is 4.52. The summed E-state index contributed by atoms with van der Waals surface area (Å²) in [4.78, 5) is 12.7. The van der Waals surface area contributed by atoms with E-state index in [-0.39, 0.29) is 17.4 Å². The second-order valence-corrected chi connectivity index (χ2v) is 10.0. The average Bonchev–Trinajstić information content (AvgIpc) is 3.22. The molecule has 1 fully saturated rings. The molecule has 1 aliphatic heterocycles. The summed E-state index contributed by atoms with van der Waals surface area (Å²) in [6, 6.07) is 10.9. The Hall–Kier alpha value is -2.38. The van der Waals surface area contributed by atoms with Crippen molar-refractivity contribution in [2.24, 2.45) is 0 Å². The van der Waals surface area contributed by atoms with Gasteiger partial charge in [-0.15, -0.1) is 0 Å². The lowest BCUT2D eigenvalue weighted by Gasteiger charge is -2.26. The Morgan fingerprint density at radius 2 is 1.77 bits per heavy atom. The Labute approximate surface area is 178 Å². The summed E-state index contributed by atoms with van der Waals surface area (Å²) in [6.07, 6.45) is 6.15. The highest BCUT2D eigenvalue weighted by atomic mass is 32.2. The van der Waals surface area contributed by atoms with Gasteiger partial charge in [-0.2, -0.15) is 4.31 Å². The van der Waals surface area contributed by atoms with Crippen molar-refractivity contribution in [1.82, 2.24) is 4.31 Å². The number of rotatable bonds is 6. The lowest BCUT2D eigenvalue weighted by Crippen LogP contribution is -2.35. The van der Waals surface area contributed by atoms with Gasteiger partial charge in [-0.25, -0.2) is 8.42 Å². The zero-order chi connectivity index (χ0) is 21.1. The molecule has 1 amide bonds. The molecule has 1 saturated heterocycles. The van der Waals surface area contributed by atoms with Crippen molar-refractivity contribution in [3.63, 3.8) is 0 Å². The Balaban J connectivity index is 1.42. The van der Waals surface area contributed by atoms with Crippen LogP contribution in [0.1, 0.15) is 42.4 Å². The van der Waals surface area contributed by atoms with Gasteiger partial charge in [-0.1, -0.05) is 18.6 Å². The van der Waals surface area contributed by atoms with Crippen molar-refractivity contribution >= 4 is 21.6 Å². The van der Waals surface area contributed by atoms with Gasteiger partial charge < -0.3 is 10.1 Å². The molecule has 7 heteroatoms. The van der Waals surface area contributed by atoms with E-state index in [1.165, 1.54) is 15.4 Å². The number of benzene rings is 2. The molecule has 0 radical (unpaired) electrons. The number of hydrogen-bond acceptors (Lipinski definition) is 4. The maximum Gasteiger partial charge on any atom is 0.262 e. The molecular weight excluding hydrogens is 400 g/mol. The SMILES string of the molecule is Cc1ccc(S(=O)(=O)N2CCCCC2)cc1NC(=O)COc1ccc2c(c1)CCC2. The first-order chi connectivity index (χ1) is 14.4. The number of anilines is 1. The van der Waals surface area contributed by atoms with Crippen molar-refractivity contribution < 1.29 is 17.9 Å². The van der Waals surface area contributed by atoms with E-state index < -0.39 is 10.0 Å². The van der Waals surface area contributed by atoms with E-state index in [9.17, 15) is 13.2 Å². The molecule has 2 aromatic carbocycles. The van der Waals surface area contributed by atoms with E-state index >= 15 is 0 Å². The lowest BCUT2D eigenvalue weighted by molar-refractivity contribution is -0.118. The molecule has 30 heavy (non-hydrogen) atoms. The van der Waals surface area contributed by atoms with Crippen LogP contribution >= 0.6 is 0 Å². The maximum atomic E-state index is 12.9. The topological polar surface area (TPSA) is 75.7 Å². The van der Waals surface area contributed by atoms with Crippen molar-refractivity contribution in [3.05, 3.63) is 53.1 Å². The van der Waals surface area contributed by atoms with E-state index in [2.05, 4.69) is 11.4 Å². The lowest BCUT2D eigenvalue weighted by atomic mass is 10.1. The minimum atomic E-state index is -3.55. The summed E-state index contributed by atoms with van der Waals surface area (Å²) in [6.45, 7) is 2.81. The molecule has 1 aliphatic carbocycles. The predicted molar refractivity (Wildman–Crippen MR) is 116 cm³/mol. The third-order valence-corrected chi connectivity index (χ3v) is 7.77. The average molecular weight is 429 g/mol. The molecule has 4 rings (SSSR count). The summed E-state index contributed by atoms with van der Waals surface area (Å²) in [5.41, 5.74) is 3.95. The first-order valence-electron chi connectivity index (χ1n) is 10.6. The minimum Gasteiger partial charge on any atom is -0.484 e. The van der Waals surface area contributed by atoms with Gasteiger partial charge in [0, 0.05) is 18.8 Å². The largest absolute Gasteiger partial charge is 0.484 e. The van der Waals surface area contributed by atoms with Crippen LogP contribution in [0.3, 0.4) is 0 Å². The number of carbonyl (C=O) groups excluding carboxylic acids is 1. The molecule has 0 bridgehead atoms. The van der Waals surface area contributed by atoms with E-state index in [0.717, 1.165) is 44.1 Å². The van der Waals surface area contributed by atoms with Crippen LogP contribution in [0, 0.1) is 6.92 Å². The Bertz CT molecular complexity index is 1040. The Kier molecular flexibility index (Phi) is 6.11. The molecule has 0 spiro atoms. The standard InChI is InChI=1S/C23H28N2O4S/c1-17-8-11-21(30(27,28)25-12-3-2-4-13-25)15-22(17)24-23(26)16-29-20-10-9-18-6-5-7-19(18)14-20/h8-11,14-15H,2-7,12-13,16H2,1H3,(H,24,26). The van der Waals surface area contributed by atoms with Gasteiger partial charge in [-0.05, 0) is 80.0 Å². The van der Waals surface area contributed by atoms with Crippen LogP contribution in [0.25, 0.3) is 0 Å². The zero-order valence-corrected chi connectivity index (χ0v) is 18.1. The van der Waals surface area contributed by atoms with Gasteiger partial charge in [-0.3, -0.25) is 4.79 Å². The van der Waals surface area contributed by atoms with E-state index in [1.54, 1.807) is 18.2 Å². The number of sulfonamides is 1. The highest BCUT2D eigenvalue weighted by Crippen LogP contribution is 2.27. The number of hydrogen-bond donors (Lipinski definition) is 1. The van der Waals surface area contributed by atoms with Gasteiger partial charge >= 0.3 is 0 Å². The minimum absolute atomic E-state index is 0.124. The zero-order valence-electron chi connectivity index (χ0n) is 17.3. The molecule has 160 valence electrons. The van der Waals surface area contributed by atoms with Gasteiger partial charge in [0.2, 0.25) is 10.0 Å². The van der Waals surface area contributed by atoms with Crippen LogP contribution in [0.2, 0.25) is 0 Å². The molecule has 2 aromatic rings. The van der Waals surface area contributed by atoms with E-state index in [0.29, 0.717) is 24.5 Å². The molecule has 2 aliphatic rings. The monoisotopic (exact) mass is 428 g/mol. The van der Waals surface area contributed by atoms with Crippen molar-refractivity contribution in [3.8, 4) is 5.75 Å². The second kappa shape index (κ2) is 8.78. The summed E-state index contributed by atoms with van der Waals surface area (Å²) >= 11 is 0. The summed E-state index contributed by atoms with van der Waals surface area (Å²) in [5.74, 6) is 0.370. The van der Waals surface area contributed by atoms with E-state index in [1.807, 2.05) is 19.1 Å². The first kappa shape index (κ1) is 20.9. The fraction of sp³-hybridized carbons (Fsp3) is 0.435. The molecule has 0 atom stereocenters. The molecule has 0 saturated carbocycles. The molecule has 0 unspecified atom stereocenters. The fourth-order valence-corrected chi connectivity index (χ4v) is 5.67. The van der Waals surface area contributed by atoms with Crippen LogP contribution < -0.4 is 10.1 Å². The van der Waals surface area contributed by atoms with Gasteiger partial charge in [0.05, 0.1) is 4.90 Å². The Morgan fingerprint density at radius 3 is 2.57 bits per heavy atom. The van der Waals surface area contributed by atoms with Crippen LogP contribution in [0.15, 0.2) is 41.3 Å². The summed E-state index contributed by atoms with van der Waals surface area (Å²) < 4.78 is 33.0. The van der Waals surface area contributed by atoms with Gasteiger partial charge in [0.1, 0.15) is 5.75 Å². The molecule has 0 aromatic heterocycles. The fourth-order valence-electron chi connectivity index (χ4n) is 4.12. The summed E-state index contributed by atoms with van der Waals surface area (Å²) in [5, 5.41) is 2.80. The molecule has 6 nitrogen and oxygen atoms in total. The number of ether oxygens (including phenoxy) is 1. The number of nitrogens with zero attached hydrogens (tertiary/aromatic N) is 1. The number of amides is 1. The quantitative estimate of drug-likeness (QED) is 0.762. The van der Waals surface area contributed by atoms with Crippen molar-refractivity contribution in [2.45, 2.75) is 50.3 Å². The van der Waals surface area contributed by atoms with E-state index in [4.69, 9.17) is 4.74 Å². The van der Waals surface area contributed by atoms with Crippen LogP contribution in [0.5, 0.6) is 5.75 Å². The number of aryl methyl sites for hydroxylation is 3. The first-order valence-corrected chi connectivity index (χ1v) is 12.0. The van der Waals surface area contributed by atoms with Gasteiger partial charge in [0.25, 0.3) is 5.91 Å². The Morgan fingerprint density at radius 1 is 1.00 bits per heavy atom. The molecule has 1 N–H and O–H groups in total.